The summed E-state index contributed by atoms with van der Waals surface area (Å²) in [4.78, 5) is 4.18. The fraction of sp³-hybridized carbons (Fsp3) is 0.533. The number of nitrogens with zero attached hydrogens (tertiary/aromatic N) is 1. The molecule has 6 heteroatoms. The van der Waals surface area contributed by atoms with E-state index >= 15 is 0 Å². The van der Waals surface area contributed by atoms with Gasteiger partial charge in [0.1, 0.15) is 5.82 Å². The number of rotatable bonds is 7. The molecule has 0 heterocycles. The van der Waals surface area contributed by atoms with Gasteiger partial charge in [0.25, 0.3) is 0 Å². The van der Waals surface area contributed by atoms with Crippen LogP contribution in [0, 0.1) is 12.7 Å². The zero-order chi connectivity index (χ0) is 14.8. The van der Waals surface area contributed by atoms with Crippen LogP contribution in [0.3, 0.4) is 0 Å². The molecule has 0 spiro atoms. The zero-order valence-corrected chi connectivity index (χ0v) is 16.1. The smallest absolute Gasteiger partial charge is 0.190 e. The van der Waals surface area contributed by atoms with Crippen molar-refractivity contribution in [2.24, 2.45) is 4.99 Å². The maximum absolute atomic E-state index is 13.0. The first-order valence-electron chi connectivity index (χ1n) is 6.86. The minimum absolute atomic E-state index is 0. The summed E-state index contributed by atoms with van der Waals surface area (Å²) in [7, 11) is 1.77. The van der Waals surface area contributed by atoms with E-state index in [-0.39, 0.29) is 29.8 Å². The highest BCUT2D eigenvalue weighted by atomic mass is 127. The van der Waals surface area contributed by atoms with E-state index in [1.165, 1.54) is 6.07 Å². The molecular weight excluding hydrogens is 400 g/mol. The SMILES string of the molecule is CN=C(NCCCSC)NCCc1ccc(F)cc1C.I. The summed E-state index contributed by atoms with van der Waals surface area (Å²) in [6, 6.07) is 4.93. The van der Waals surface area contributed by atoms with Gasteiger partial charge in [0, 0.05) is 20.1 Å². The van der Waals surface area contributed by atoms with E-state index in [0.29, 0.717) is 0 Å². The largest absolute Gasteiger partial charge is 0.356 e. The molecule has 0 radical (unpaired) electrons. The molecule has 2 N–H and O–H groups in total. The first-order valence-corrected chi connectivity index (χ1v) is 8.25. The number of nitrogens with one attached hydrogen (secondary N) is 2. The van der Waals surface area contributed by atoms with Gasteiger partial charge in [-0.05, 0) is 55.0 Å². The lowest BCUT2D eigenvalue weighted by Crippen LogP contribution is -2.38. The highest BCUT2D eigenvalue weighted by Crippen LogP contribution is 2.10. The van der Waals surface area contributed by atoms with Crippen LogP contribution in [0.2, 0.25) is 0 Å². The summed E-state index contributed by atoms with van der Waals surface area (Å²) in [5.41, 5.74) is 2.16. The Hall–Kier alpha value is -0.500. The molecule has 0 atom stereocenters. The van der Waals surface area contributed by atoms with Crippen LogP contribution >= 0.6 is 35.7 Å². The summed E-state index contributed by atoms with van der Waals surface area (Å²) in [6.07, 6.45) is 4.09. The van der Waals surface area contributed by atoms with Crippen LogP contribution in [0.5, 0.6) is 0 Å². The van der Waals surface area contributed by atoms with Gasteiger partial charge in [-0.2, -0.15) is 11.8 Å². The second kappa shape index (κ2) is 12.1. The van der Waals surface area contributed by atoms with Crippen LogP contribution in [0.1, 0.15) is 17.5 Å². The third-order valence-electron chi connectivity index (χ3n) is 3.03. The van der Waals surface area contributed by atoms with Gasteiger partial charge in [-0.1, -0.05) is 6.07 Å². The third-order valence-corrected chi connectivity index (χ3v) is 3.73. The van der Waals surface area contributed by atoms with Crippen molar-refractivity contribution in [3.63, 3.8) is 0 Å². The number of guanidine groups is 1. The Morgan fingerprint density at radius 1 is 1.29 bits per heavy atom. The van der Waals surface area contributed by atoms with Crippen LogP contribution in [0.15, 0.2) is 23.2 Å². The van der Waals surface area contributed by atoms with Crippen molar-refractivity contribution in [3.05, 3.63) is 35.1 Å². The Bertz CT molecular complexity index is 441. The van der Waals surface area contributed by atoms with Gasteiger partial charge in [0.15, 0.2) is 5.96 Å². The molecule has 3 nitrogen and oxygen atoms in total. The van der Waals surface area contributed by atoms with E-state index < -0.39 is 0 Å². The number of benzene rings is 1. The maximum atomic E-state index is 13.0. The predicted octanol–water partition coefficient (Wildman–Crippen LogP) is 3.21. The topological polar surface area (TPSA) is 36.4 Å². The standard InChI is InChI=1S/C15H24FN3S.HI/c1-12-11-14(16)6-5-13(12)7-9-19-15(17-2)18-8-4-10-20-3;/h5-6,11H,4,7-10H2,1-3H3,(H2,17,18,19);1H. The van der Waals surface area contributed by atoms with Crippen molar-refractivity contribution >= 4 is 41.7 Å². The summed E-state index contributed by atoms with van der Waals surface area (Å²) in [5.74, 6) is 1.80. The van der Waals surface area contributed by atoms with Crippen LogP contribution in [0.25, 0.3) is 0 Å². The Morgan fingerprint density at radius 2 is 2.00 bits per heavy atom. The number of hydrogen-bond acceptors (Lipinski definition) is 2. The highest BCUT2D eigenvalue weighted by Gasteiger charge is 2.01. The van der Waals surface area contributed by atoms with Gasteiger partial charge < -0.3 is 10.6 Å². The quantitative estimate of drug-likeness (QED) is 0.305. The average molecular weight is 425 g/mol. The maximum Gasteiger partial charge on any atom is 0.190 e. The van der Waals surface area contributed by atoms with Crippen molar-refractivity contribution in [2.75, 3.05) is 32.1 Å². The van der Waals surface area contributed by atoms with Crippen LogP contribution in [0.4, 0.5) is 4.39 Å². The summed E-state index contributed by atoms with van der Waals surface area (Å²) in [6.45, 7) is 3.65. The Balaban J connectivity index is 0.00000400. The highest BCUT2D eigenvalue weighted by molar-refractivity contribution is 14.0. The average Bonchev–Trinajstić information content (AvgIpc) is 2.43. The van der Waals surface area contributed by atoms with Crippen molar-refractivity contribution in [3.8, 4) is 0 Å². The molecule has 0 bridgehead atoms. The molecule has 0 unspecified atom stereocenters. The fourth-order valence-corrected chi connectivity index (χ4v) is 2.33. The van der Waals surface area contributed by atoms with Gasteiger partial charge in [-0.15, -0.1) is 24.0 Å². The van der Waals surface area contributed by atoms with Crippen LogP contribution < -0.4 is 10.6 Å². The van der Waals surface area contributed by atoms with E-state index in [4.69, 9.17) is 0 Å². The molecule has 1 aromatic carbocycles. The van der Waals surface area contributed by atoms with Crippen LogP contribution in [-0.4, -0.2) is 38.1 Å². The van der Waals surface area contributed by atoms with E-state index in [9.17, 15) is 4.39 Å². The monoisotopic (exact) mass is 425 g/mol. The van der Waals surface area contributed by atoms with Gasteiger partial charge in [-0.25, -0.2) is 4.39 Å². The minimum atomic E-state index is -0.175. The van der Waals surface area contributed by atoms with Crippen molar-refractivity contribution in [1.29, 1.82) is 0 Å². The van der Waals surface area contributed by atoms with E-state index in [0.717, 1.165) is 48.8 Å². The molecule has 0 aliphatic carbocycles. The Labute approximate surface area is 148 Å². The minimum Gasteiger partial charge on any atom is -0.356 e. The number of hydrogen-bond donors (Lipinski definition) is 2. The number of aliphatic imine (C=N–C) groups is 1. The lowest BCUT2D eigenvalue weighted by molar-refractivity contribution is 0.625. The molecule has 1 rings (SSSR count). The molecule has 0 aliphatic rings. The lowest BCUT2D eigenvalue weighted by Gasteiger charge is -2.12. The molecule has 1 aromatic rings. The normalized spacial score (nSPS) is 11.0. The zero-order valence-electron chi connectivity index (χ0n) is 12.9. The molecule has 120 valence electrons. The third kappa shape index (κ3) is 8.50. The van der Waals surface area contributed by atoms with E-state index in [1.807, 2.05) is 24.8 Å². The molecule has 0 saturated carbocycles. The molecule has 0 aliphatic heterocycles. The van der Waals surface area contributed by atoms with Crippen molar-refractivity contribution in [1.82, 2.24) is 10.6 Å². The molecule has 21 heavy (non-hydrogen) atoms. The molecule has 0 fully saturated rings. The number of aryl methyl sites for hydroxylation is 1. The molecular formula is C15H25FIN3S. The lowest BCUT2D eigenvalue weighted by atomic mass is 10.1. The van der Waals surface area contributed by atoms with Gasteiger partial charge in [-0.3, -0.25) is 4.99 Å². The van der Waals surface area contributed by atoms with Crippen molar-refractivity contribution in [2.45, 2.75) is 19.8 Å². The van der Waals surface area contributed by atoms with Crippen molar-refractivity contribution < 1.29 is 4.39 Å². The van der Waals surface area contributed by atoms with Crippen LogP contribution in [-0.2, 0) is 6.42 Å². The summed E-state index contributed by atoms with van der Waals surface area (Å²) in [5, 5.41) is 6.55. The molecule has 0 amide bonds. The first kappa shape index (κ1) is 20.5. The summed E-state index contributed by atoms with van der Waals surface area (Å²) < 4.78 is 13.0. The van der Waals surface area contributed by atoms with Gasteiger partial charge >= 0.3 is 0 Å². The summed E-state index contributed by atoms with van der Waals surface area (Å²) >= 11 is 1.85. The Morgan fingerprint density at radius 3 is 2.62 bits per heavy atom. The van der Waals surface area contributed by atoms with Gasteiger partial charge in [0.05, 0.1) is 0 Å². The molecule has 0 saturated heterocycles. The second-order valence-corrected chi connectivity index (χ2v) is 5.58. The second-order valence-electron chi connectivity index (χ2n) is 4.59. The predicted molar refractivity (Wildman–Crippen MR) is 103 cm³/mol. The first-order chi connectivity index (χ1) is 9.67. The number of halogens is 2. The van der Waals surface area contributed by atoms with E-state index in [1.54, 1.807) is 13.1 Å². The Kier molecular flexibility index (Phi) is 11.8. The number of thioether (sulfide) groups is 1. The van der Waals surface area contributed by atoms with E-state index in [2.05, 4.69) is 21.9 Å². The van der Waals surface area contributed by atoms with Gasteiger partial charge in [0.2, 0.25) is 0 Å². The fourth-order valence-electron chi connectivity index (χ4n) is 1.90. The molecule has 0 aromatic heterocycles.